The average Bonchev–Trinajstić information content (AvgIpc) is 3.19. The lowest BCUT2D eigenvalue weighted by Crippen LogP contribution is -2.42. The van der Waals surface area contributed by atoms with Crippen molar-refractivity contribution in [2.24, 2.45) is 17.8 Å². The molecule has 2 heterocycles. The van der Waals surface area contributed by atoms with Gasteiger partial charge in [0, 0.05) is 49.8 Å². The van der Waals surface area contributed by atoms with Crippen LogP contribution >= 0.6 is 11.3 Å². The van der Waals surface area contributed by atoms with Crippen molar-refractivity contribution in [3.05, 3.63) is 46.4 Å². The summed E-state index contributed by atoms with van der Waals surface area (Å²) in [5, 5.41) is 13.4. The number of thiazole rings is 1. The number of ketones is 1. The molecule has 3 aliphatic rings. The van der Waals surface area contributed by atoms with Crippen molar-refractivity contribution in [2.45, 2.75) is 56.3 Å². The number of aliphatic hydroxyl groups is 1. The molecule has 2 N–H and O–H groups in total. The second-order valence-electron chi connectivity index (χ2n) is 10.0. The normalized spacial score (nSPS) is 30.6. The number of nitrogens with zero attached hydrogens (tertiary/aromatic N) is 2. The van der Waals surface area contributed by atoms with Crippen molar-refractivity contribution in [3.8, 4) is 0 Å². The number of amides is 1. The van der Waals surface area contributed by atoms with Gasteiger partial charge in [-0.2, -0.15) is 13.2 Å². The van der Waals surface area contributed by atoms with E-state index in [2.05, 4.69) is 15.2 Å². The summed E-state index contributed by atoms with van der Waals surface area (Å²) in [6.45, 7) is 1.75. The van der Waals surface area contributed by atoms with E-state index in [4.69, 9.17) is 0 Å². The van der Waals surface area contributed by atoms with E-state index < -0.39 is 23.2 Å². The van der Waals surface area contributed by atoms with Crippen molar-refractivity contribution < 1.29 is 27.9 Å². The zero-order valence-electron chi connectivity index (χ0n) is 19.1. The molecule has 1 aliphatic heterocycles. The highest BCUT2D eigenvalue weighted by Crippen LogP contribution is 2.54. The topological polar surface area (TPSA) is 82.5 Å². The predicted octanol–water partition coefficient (Wildman–Crippen LogP) is 4.46. The summed E-state index contributed by atoms with van der Waals surface area (Å²) in [7, 11) is 0. The molecule has 188 valence electrons. The largest absolute Gasteiger partial charge is 0.416 e. The Morgan fingerprint density at radius 1 is 1.17 bits per heavy atom. The summed E-state index contributed by atoms with van der Waals surface area (Å²) < 4.78 is 38.5. The van der Waals surface area contributed by atoms with Crippen molar-refractivity contribution in [3.63, 3.8) is 0 Å². The maximum Gasteiger partial charge on any atom is 0.416 e. The van der Waals surface area contributed by atoms with E-state index >= 15 is 0 Å². The molecular formula is C25H28F3N3O3S. The van der Waals surface area contributed by atoms with Gasteiger partial charge in [0.05, 0.1) is 16.0 Å². The molecule has 0 bridgehead atoms. The summed E-state index contributed by atoms with van der Waals surface area (Å²) in [5.74, 6) is 0.265. The second-order valence-corrected chi connectivity index (χ2v) is 10.9. The van der Waals surface area contributed by atoms with Gasteiger partial charge in [0.1, 0.15) is 11.4 Å². The molecule has 3 atom stereocenters. The number of likely N-dealkylation sites (tertiary alicyclic amines) is 1. The second kappa shape index (κ2) is 9.29. The van der Waals surface area contributed by atoms with Crippen LogP contribution in [0.4, 0.5) is 18.9 Å². The van der Waals surface area contributed by atoms with Crippen LogP contribution in [0.5, 0.6) is 0 Å². The van der Waals surface area contributed by atoms with Gasteiger partial charge in [0.2, 0.25) is 5.91 Å². The van der Waals surface area contributed by atoms with E-state index in [1.807, 2.05) is 0 Å². The molecule has 1 aromatic carbocycles. The number of hydrogen-bond donors (Lipinski definition) is 2. The number of hydrogen-bond acceptors (Lipinski definition) is 6. The molecule has 1 amide bonds. The number of anilines is 1. The summed E-state index contributed by atoms with van der Waals surface area (Å²) in [4.78, 5) is 32.3. The third kappa shape index (κ3) is 5.15. The zero-order chi connectivity index (χ0) is 24.8. The number of Topliss-reactive ketones (excluding diaryl/α,β-unsaturated/α-hetero) is 1. The molecule has 1 unspecified atom stereocenters. The van der Waals surface area contributed by atoms with Crippen LogP contribution in [0.25, 0.3) is 0 Å². The highest BCUT2D eigenvalue weighted by molar-refractivity contribution is 7.09. The van der Waals surface area contributed by atoms with Crippen LogP contribution in [-0.4, -0.2) is 45.8 Å². The number of halogens is 3. The number of aromatic nitrogens is 1. The Kier molecular flexibility index (Phi) is 6.48. The standard InChI is InChI=1S/C25H28F3N3O3S/c26-25(27,28)15-2-1-3-16(10-15)30-22(33)5-4-20(32)23-18-12-31(13-19(18)23)17-6-8-24(34,9-7-17)21-11-29-14-35-21/h1-3,10-11,14,17-19,23,34H,4-9,12-13H2,(H,30,33)/t17?,18-,19+,23?,24?. The van der Waals surface area contributed by atoms with Crippen molar-refractivity contribution in [1.29, 1.82) is 0 Å². The van der Waals surface area contributed by atoms with Gasteiger partial charge in [-0.3, -0.25) is 19.5 Å². The van der Waals surface area contributed by atoms with Crippen molar-refractivity contribution >= 4 is 28.7 Å². The highest BCUT2D eigenvalue weighted by atomic mass is 32.1. The van der Waals surface area contributed by atoms with E-state index in [-0.39, 0.29) is 30.2 Å². The number of carbonyl (C=O) groups excluding carboxylic acids is 2. The third-order valence-corrected chi connectivity index (χ3v) is 8.82. The molecule has 1 aromatic heterocycles. The number of rotatable bonds is 7. The Bertz CT molecular complexity index is 1070. The minimum Gasteiger partial charge on any atom is -0.384 e. The molecule has 2 saturated carbocycles. The van der Waals surface area contributed by atoms with Crippen LogP contribution in [0.2, 0.25) is 0 Å². The lowest BCUT2D eigenvalue weighted by molar-refractivity contribution is -0.137. The third-order valence-electron chi connectivity index (χ3n) is 7.86. The molecule has 3 fully saturated rings. The maximum atomic E-state index is 12.8. The Balaban J connectivity index is 1.05. The van der Waals surface area contributed by atoms with Crippen LogP contribution in [0, 0.1) is 17.8 Å². The maximum absolute atomic E-state index is 12.8. The average molecular weight is 508 g/mol. The van der Waals surface area contributed by atoms with Gasteiger partial charge in [-0.05, 0) is 55.7 Å². The van der Waals surface area contributed by atoms with Gasteiger partial charge in [0.15, 0.2) is 0 Å². The molecule has 10 heteroatoms. The molecule has 2 aromatic rings. The molecule has 5 rings (SSSR count). The van der Waals surface area contributed by atoms with Crippen molar-refractivity contribution in [2.75, 3.05) is 18.4 Å². The van der Waals surface area contributed by atoms with Gasteiger partial charge in [-0.15, -0.1) is 11.3 Å². The molecular weight excluding hydrogens is 479 g/mol. The number of nitrogens with one attached hydrogen (secondary N) is 1. The van der Waals surface area contributed by atoms with Gasteiger partial charge in [-0.1, -0.05) is 6.07 Å². The van der Waals surface area contributed by atoms with E-state index in [0.29, 0.717) is 17.9 Å². The lowest BCUT2D eigenvalue weighted by atomic mass is 9.81. The summed E-state index contributed by atoms with van der Waals surface area (Å²) in [6, 6.07) is 4.90. The molecule has 1 saturated heterocycles. The predicted molar refractivity (Wildman–Crippen MR) is 125 cm³/mol. The Hall–Kier alpha value is -2.30. The number of benzene rings is 1. The SMILES string of the molecule is O=C(CCC(=O)C1[C@H]2CN(C3CCC(O)(c4cncs4)CC3)C[C@@H]12)Nc1cccc(C(F)(F)F)c1. The smallest absolute Gasteiger partial charge is 0.384 e. The van der Waals surface area contributed by atoms with Gasteiger partial charge in [0.25, 0.3) is 0 Å². The highest BCUT2D eigenvalue weighted by Gasteiger charge is 2.59. The van der Waals surface area contributed by atoms with E-state index in [0.717, 1.165) is 55.8 Å². The lowest BCUT2D eigenvalue weighted by Gasteiger charge is -2.39. The Morgan fingerprint density at radius 2 is 1.89 bits per heavy atom. The Labute approximate surface area is 205 Å². The fourth-order valence-corrected chi connectivity index (χ4v) is 6.65. The van der Waals surface area contributed by atoms with E-state index in [1.165, 1.54) is 23.5 Å². The van der Waals surface area contributed by atoms with Crippen LogP contribution in [0.15, 0.2) is 36.0 Å². The van der Waals surface area contributed by atoms with Gasteiger partial charge < -0.3 is 10.4 Å². The number of piperidine rings is 1. The van der Waals surface area contributed by atoms with Gasteiger partial charge >= 0.3 is 6.18 Å². The monoisotopic (exact) mass is 507 g/mol. The summed E-state index contributed by atoms with van der Waals surface area (Å²) in [6.07, 6.45) is 0.622. The quantitative estimate of drug-likeness (QED) is 0.579. The fraction of sp³-hybridized carbons (Fsp3) is 0.560. The van der Waals surface area contributed by atoms with E-state index in [9.17, 15) is 27.9 Å². The molecule has 0 radical (unpaired) electrons. The van der Waals surface area contributed by atoms with Crippen LogP contribution in [-0.2, 0) is 21.4 Å². The molecule has 6 nitrogen and oxygen atoms in total. The molecule has 0 spiro atoms. The van der Waals surface area contributed by atoms with Crippen LogP contribution in [0.1, 0.15) is 49.0 Å². The fourth-order valence-electron chi connectivity index (χ4n) is 5.87. The van der Waals surface area contributed by atoms with E-state index in [1.54, 1.807) is 11.7 Å². The minimum absolute atomic E-state index is 0.00896. The number of fused-ring (bicyclic) bond motifs is 1. The molecule has 35 heavy (non-hydrogen) atoms. The number of carbonyl (C=O) groups is 2. The Morgan fingerprint density at radius 3 is 2.51 bits per heavy atom. The first kappa shape index (κ1) is 24.4. The van der Waals surface area contributed by atoms with Crippen LogP contribution in [0.3, 0.4) is 0 Å². The summed E-state index contributed by atoms with van der Waals surface area (Å²) >= 11 is 1.50. The minimum atomic E-state index is -4.48. The van der Waals surface area contributed by atoms with Crippen molar-refractivity contribution in [1.82, 2.24) is 9.88 Å². The number of alkyl halides is 3. The molecule has 2 aliphatic carbocycles. The zero-order valence-corrected chi connectivity index (χ0v) is 19.9. The first-order chi connectivity index (χ1) is 16.6. The summed E-state index contributed by atoms with van der Waals surface area (Å²) in [5.41, 5.74) is 0.228. The van der Waals surface area contributed by atoms with Crippen LogP contribution < -0.4 is 5.32 Å². The first-order valence-electron chi connectivity index (χ1n) is 12.0. The van der Waals surface area contributed by atoms with Gasteiger partial charge in [-0.25, -0.2) is 0 Å². The first-order valence-corrected chi connectivity index (χ1v) is 12.9.